The summed E-state index contributed by atoms with van der Waals surface area (Å²) in [4.78, 5) is 4.21. The van der Waals surface area contributed by atoms with Crippen LogP contribution < -0.4 is 0 Å². The molecule has 1 aromatic heterocycles. The molecule has 0 amide bonds. The number of aromatic nitrogens is 1. The summed E-state index contributed by atoms with van der Waals surface area (Å²) in [5.74, 6) is 0.356. The number of pyridine rings is 1. The van der Waals surface area contributed by atoms with Crippen LogP contribution in [-0.4, -0.2) is 10.1 Å². The lowest BCUT2D eigenvalue weighted by atomic mass is 9.90. The SMILES string of the molecule is CCCC(CCC)C(O)c1ccccn1. The van der Waals surface area contributed by atoms with Crippen molar-refractivity contribution in [2.45, 2.75) is 45.6 Å². The monoisotopic (exact) mass is 207 g/mol. The van der Waals surface area contributed by atoms with E-state index in [1.54, 1.807) is 6.20 Å². The molecular weight excluding hydrogens is 186 g/mol. The van der Waals surface area contributed by atoms with Crippen LogP contribution in [0.5, 0.6) is 0 Å². The fourth-order valence-corrected chi connectivity index (χ4v) is 1.99. The Kier molecular flexibility index (Phi) is 5.33. The molecule has 84 valence electrons. The van der Waals surface area contributed by atoms with Crippen molar-refractivity contribution in [2.24, 2.45) is 5.92 Å². The van der Waals surface area contributed by atoms with Gasteiger partial charge in [0.15, 0.2) is 0 Å². The van der Waals surface area contributed by atoms with Gasteiger partial charge in [0.1, 0.15) is 0 Å². The highest BCUT2D eigenvalue weighted by molar-refractivity contribution is 5.07. The van der Waals surface area contributed by atoms with Gasteiger partial charge in [-0.1, -0.05) is 32.8 Å². The van der Waals surface area contributed by atoms with Crippen molar-refractivity contribution in [3.63, 3.8) is 0 Å². The maximum absolute atomic E-state index is 10.2. The number of aliphatic hydroxyl groups is 1. The summed E-state index contributed by atoms with van der Waals surface area (Å²) in [6, 6.07) is 5.72. The highest BCUT2D eigenvalue weighted by Crippen LogP contribution is 2.28. The molecule has 1 unspecified atom stereocenters. The molecule has 0 aliphatic rings. The highest BCUT2D eigenvalue weighted by Gasteiger charge is 2.19. The van der Waals surface area contributed by atoms with Gasteiger partial charge in [0.25, 0.3) is 0 Å². The smallest absolute Gasteiger partial charge is 0.0987 e. The van der Waals surface area contributed by atoms with Gasteiger partial charge in [-0.25, -0.2) is 0 Å². The molecule has 1 N–H and O–H groups in total. The average Bonchev–Trinajstić information content (AvgIpc) is 2.29. The molecule has 2 heteroatoms. The van der Waals surface area contributed by atoms with Crippen molar-refractivity contribution in [2.75, 3.05) is 0 Å². The number of nitrogens with zero attached hydrogens (tertiary/aromatic N) is 1. The molecule has 0 aliphatic carbocycles. The van der Waals surface area contributed by atoms with Crippen molar-refractivity contribution in [3.05, 3.63) is 30.1 Å². The van der Waals surface area contributed by atoms with E-state index in [1.807, 2.05) is 18.2 Å². The van der Waals surface area contributed by atoms with Crippen LogP contribution in [0.4, 0.5) is 0 Å². The molecule has 1 aromatic rings. The van der Waals surface area contributed by atoms with Crippen molar-refractivity contribution >= 4 is 0 Å². The van der Waals surface area contributed by atoms with Gasteiger partial charge in [0.05, 0.1) is 11.8 Å². The molecule has 0 saturated carbocycles. The zero-order chi connectivity index (χ0) is 11.1. The molecule has 0 spiro atoms. The number of hydrogen-bond donors (Lipinski definition) is 1. The molecule has 15 heavy (non-hydrogen) atoms. The Bertz CT molecular complexity index is 254. The van der Waals surface area contributed by atoms with Crippen LogP contribution in [0.2, 0.25) is 0 Å². The predicted octanol–water partition coefficient (Wildman–Crippen LogP) is 3.33. The first kappa shape index (κ1) is 12.2. The van der Waals surface area contributed by atoms with Gasteiger partial charge in [-0.3, -0.25) is 4.98 Å². The number of rotatable bonds is 6. The van der Waals surface area contributed by atoms with Crippen LogP contribution in [0, 0.1) is 5.92 Å². The largest absolute Gasteiger partial charge is 0.387 e. The van der Waals surface area contributed by atoms with Crippen molar-refractivity contribution < 1.29 is 5.11 Å². The summed E-state index contributed by atoms with van der Waals surface area (Å²) in [7, 11) is 0. The topological polar surface area (TPSA) is 33.1 Å². The molecule has 1 heterocycles. The zero-order valence-electron chi connectivity index (χ0n) is 9.69. The lowest BCUT2D eigenvalue weighted by Gasteiger charge is -2.21. The fourth-order valence-electron chi connectivity index (χ4n) is 1.99. The van der Waals surface area contributed by atoms with Gasteiger partial charge < -0.3 is 5.11 Å². The second kappa shape index (κ2) is 6.57. The van der Waals surface area contributed by atoms with Crippen LogP contribution >= 0.6 is 0 Å². The average molecular weight is 207 g/mol. The molecule has 0 aliphatic heterocycles. The zero-order valence-corrected chi connectivity index (χ0v) is 9.69. The Labute approximate surface area is 92.4 Å². The van der Waals surface area contributed by atoms with Crippen molar-refractivity contribution in [1.29, 1.82) is 0 Å². The van der Waals surface area contributed by atoms with Gasteiger partial charge >= 0.3 is 0 Å². The third-order valence-electron chi connectivity index (χ3n) is 2.76. The van der Waals surface area contributed by atoms with E-state index in [9.17, 15) is 5.11 Å². The number of aliphatic hydroxyl groups excluding tert-OH is 1. The van der Waals surface area contributed by atoms with Crippen molar-refractivity contribution in [1.82, 2.24) is 4.98 Å². The van der Waals surface area contributed by atoms with Gasteiger partial charge in [0.2, 0.25) is 0 Å². The van der Waals surface area contributed by atoms with E-state index >= 15 is 0 Å². The maximum atomic E-state index is 10.2. The molecule has 1 rings (SSSR count). The summed E-state index contributed by atoms with van der Waals surface area (Å²) in [5.41, 5.74) is 0.810. The van der Waals surface area contributed by atoms with E-state index in [4.69, 9.17) is 0 Å². The standard InChI is InChI=1S/C13H21NO/c1-3-7-11(8-4-2)13(15)12-9-5-6-10-14-12/h5-6,9-11,13,15H,3-4,7-8H2,1-2H3. The first-order chi connectivity index (χ1) is 7.29. The second-order valence-corrected chi connectivity index (χ2v) is 4.04. The van der Waals surface area contributed by atoms with E-state index in [-0.39, 0.29) is 0 Å². The van der Waals surface area contributed by atoms with Crippen LogP contribution in [-0.2, 0) is 0 Å². The fraction of sp³-hybridized carbons (Fsp3) is 0.615. The minimum absolute atomic E-state index is 0.356. The lowest BCUT2D eigenvalue weighted by Crippen LogP contribution is -2.13. The predicted molar refractivity (Wildman–Crippen MR) is 62.5 cm³/mol. The number of hydrogen-bond acceptors (Lipinski definition) is 2. The van der Waals surface area contributed by atoms with Crippen LogP contribution in [0.25, 0.3) is 0 Å². The Morgan fingerprint density at radius 1 is 1.20 bits per heavy atom. The summed E-state index contributed by atoms with van der Waals surface area (Å²) < 4.78 is 0. The Morgan fingerprint density at radius 3 is 2.33 bits per heavy atom. The van der Waals surface area contributed by atoms with Crippen LogP contribution in [0.3, 0.4) is 0 Å². The van der Waals surface area contributed by atoms with Crippen LogP contribution in [0.15, 0.2) is 24.4 Å². The molecule has 0 saturated heterocycles. The molecule has 0 radical (unpaired) electrons. The normalized spacial score (nSPS) is 13.1. The summed E-state index contributed by atoms with van der Waals surface area (Å²) >= 11 is 0. The van der Waals surface area contributed by atoms with E-state index in [0.29, 0.717) is 5.92 Å². The molecule has 0 aromatic carbocycles. The maximum Gasteiger partial charge on any atom is 0.0987 e. The molecule has 1 atom stereocenters. The third kappa shape index (κ3) is 3.63. The molecule has 2 nitrogen and oxygen atoms in total. The highest BCUT2D eigenvalue weighted by atomic mass is 16.3. The summed E-state index contributed by atoms with van der Waals surface area (Å²) in [6.07, 6.45) is 5.74. The molecular formula is C13H21NO. The first-order valence-corrected chi connectivity index (χ1v) is 5.88. The van der Waals surface area contributed by atoms with Crippen molar-refractivity contribution in [3.8, 4) is 0 Å². The summed E-state index contributed by atoms with van der Waals surface area (Å²) in [5, 5.41) is 10.2. The first-order valence-electron chi connectivity index (χ1n) is 5.88. The Morgan fingerprint density at radius 2 is 1.87 bits per heavy atom. The van der Waals surface area contributed by atoms with Gasteiger partial charge in [-0.2, -0.15) is 0 Å². The quantitative estimate of drug-likeness (QED) is 0.776. The van der Waals surface area contributed by atoms with E-state index in [2.05, 4.69) is 18.8 Å². The van der Waals surface area contributed by atoms with Gasteiger partial charge in [-0.15, -0.1) is 0 Å². The van der Waals surface area contributed by atoms with E-state index in [0.717, 1.165) is 31.4 Å². The van der Waals surface area contributed by atoms with Gasteiger partial charge in [-0.05, 0) is 30.9 Å². The minimum atomic E-state index is -0.397. The molecule has 0 bridgehead atoms. The van der Waals surface area contributed by atoms with E-state index < -0.39 is 6.10 Å². The lowest BCUT2D eigenvalue weighted by molar-refractivity contribution is 0.0925. The molecule has 0 fully saturated rings. The minimum Gasteiger partial charge on any atom is -0.387 e. The summed E-state index contributed by atoms with van der Waals surface area (Å²) in [6.45, 7) is 4.32. The van der Waals surface area contributed by atoms with Gasteiger partial charge in [0, 0.05) is 6.20 Å². The Balaban J connectivity index is 2.67. The van der Waals surface area contributed by atoms with Crippen LogP contribution in [0.1, 0.15) is 51.3 Å². The second-order valence-electron chi connectivity index (χ2n) is 4.04. The van der Waals surface area contributed by atoms with E-state index in [1.165, 1.54) is 0 Å². The Hall–Kier alpha value is -0.890. The third-order valence-corrected chi connectivity index (χ3v) is 2.76.